The van der Waals surface area contributed by atoms with Gasteiger partial charge in [0.1, 0.15) is 22.3 Å². The maximum atomic E-state index is 8.32. The third-order valence-electron chi connectivity index (χ3n) is 15.4. The van der Waals surface area contributed by atoms with E-state index in [9.17, 15) is 0 Å². The molecule has 0 spiro atoms. The molecule has 0 saturated heterocycles. The van der Waals surface area contributed by atoms with Gasteiger partial charge in [0.15, 0.2) is 23.2 Å². The zero-order valence-electron chi connectivity index (χ0n) is 41.6. The summed E-state index contributed by atoms with van der Waals surface area (Å²) in [5.74, 6) is 1.58. The number of aromatic nitrogens is 5. The van der Waals surface area contributed by atoms with Gasteiger partial charge in [0.2, 0.25) is 0 Å². The van der Waals surface area contributed by atoms with Gasteiger partial charge in [0.25, 0.3) is 0 Å². The molecule has 11 aromatic carbocycles. The first-order valence-electron chi connectivity index (χ1n) is 26.0. The predicted octanol–water partition coefficient (Wildman–Crippen LogP) is 18.8. The van der Waals surface area contributed by atoms with Gasteiger partial charge in [-0.25, -0.2) is 19.8 Å². The van der Waals surface area contributed by atoms with E-state index in [2.05, 4.69) is 147 Å². The van der Waals surface area contributed by atoms with Gasteiger partial charge in [-0.2, -0.15) is 0 Å². The van der Waals surface area contributed by atoms with Gasteiger partial charge in [-0.3, -0.25) is 0 Å². The number of rotatable bonds is 7. The first-order valence-corrected chi connectivity index (χ1v) is 26.0. The van der Waals surface area contributed by atoms with E-state index in [4.69, 9.17) is 30.4 Å². The third-order valence-corrected chi connectivity index (χ3v) is 15.4. The fraction of sp³-hybridized carbons (Fsp3) is 0. The van der Waals surface area contributed by atoms with Gasteiger partial charge in [0, 0.05) is 49.0 Å². The van der Waals surface area contributed by atoms with Crippen molar-refractivity contribution < 1.29 is 8.83 Å². The minimum atomic E-state index is 0.494. The molecule has 78 heavy (non-hydrogen) atoms. The topological polar surface area (TPSA) is 79.2 Å². The van der Waals surface area contributed by atoms with Crippen molar-refractivity contribution in [3.05, 3.63) is 254 Å². The molecule has 0 fully saturated rings. The van der Waals surface area contributed by atoms with Crippen LogP contribution in [0.15, 0.2) is 251 Å². The van der Waals surface area contributed by atoms with Crippen LogP contribution in [0.2, 0.25) is 0 Å². The van der Waals surface area contributed by atoms with Crippen molar-refractivity contribution in [2.45, 2.75) is 0 Å². The third kappa shape index (κ3) is 6.49. The van der Waals surface area contributed by atoms with E-state index in [1.165, 1.54) is 0 Å². The van der Waals surface area contributed by atoms with Crippen molar-refractivity contribution in [1.82, 2.24) is 24.1 Å². The van der Waals surface area contributed by atoms with Crippen molar-refractivity contribution >= 4 is 93.2 Å². The van der Waals surface area contributed by atoms with Crippen LogP contribution in [0.25, 0.3) is 160 Å². The normalized spacial score (nSPS) is 11.8. The lowest BCUT2D eigenvalue weighted by atomic mass is 9.92. The lowest BCUT2D eigenvalue weighted by molar-refractivity contribution is 0.672. The molecule has 0 atom stereocenters. The summed E-state index contributed by atoms with van der Waals surface area (Å²) in [5, 5.41) is 8.43. The molecule has 5 aromatic heterocycles. The van der Waals surface area contributed by atoms with Gasteiger partial charge in [-0.1, -0.05) is 176 Å². The van der Waals surface area contributed by atoms with Crippen LogP contribution < -0.4 is 0 Å². The molecular weight excluding hydrogens is 957 g/mol. The summed E-state index contributed by atoms with van der Waals surface area (Å²) in [5.41, 5.74) is 15.7. The van der Waals surface area contributed by atoms with E-state index in [-0.39, 0.29) is 0 Å². The van der Waals surface area contributed by atoms with Crippen LogP contribution in [0.1, 0.15) is 0 Å². The lowest BCUT2D eigenvalue weighted by Crippen LogP contribution is -2.06. The van der Waals surface area contributed by atoms with Crippen molar-refractivity contribution in [1.29, 1.82) is 0 Å². The minimum absolute atomic E-state index is 0.494. The average Bonchev–Trinajstić information content (AvgIpc) is 4.46. The summed E-state index contributed by atoms with van der Waals surface area (Å²) in [6.45, 7) is 8.32. The molecule has 0 aliphatic carbocycles. The fourth-order valence-electron chi connectivity index (χ4n) is 12.0. The Hall–Kier alpha value is -10.9. The zero-order chi connectivity index (χ0) is 51.4. The Labute approximate surface area is 445 Å². The Bertz CT molecular complexity index is 5120. The monoisotopic (exact) mass is 996 g/mol. The summed E-state index contributed by atoms with van der Waals surface area (Å²) in [7, 11) is 0. The molecule has 362 valence electrons. The summed E-state index contributed by atoms with van der Waals surface area (Å²) < 4.78 is 18.4. The van der Waals surface area contributed by atoms with E-state index < -0.39 is 0 Å². The second kappa shape index (κ2) is 17.1. The van der Waals surface area contributed by atoms with Crippen LogP contribution in [0.3, 0.4) is 0 Å². The molecule has 0 saturated carbocycles. The largest absolute Gasteiger partial charge is 0.455 e. The standard InChI is InChI=1S/C70H40N6O2/c1-71-54-29-13-8-23-45(54)44-35-38-57(75-55-30-14-9-26-51(55)63-59(75)39-36-49-46-24-11-16-33-61(46)77-66(49)63)53(41-44)48-28-18-32-58(65(48)70-73-68(42-19-4-2-5-20-42)72-69(74-70)43-21-6-3-7-22-43)76-56-31-15-10-27-52(56)64-60(76)40-37-50-47-25-12-17-34-62(47)78-67(50)64/h2-41H. The number of para-hydroxylation sites is 5. The Balaban J connectivity index is 1.07. The van der Waals surface area contributed by atoms with E-state index in [0.717, 1.165) is 138 Å². The molecule has 0 N–H and O–H groups in total. The molecule has 5 heterocycles. The first kappa shape index (κ1) is 43.5. The van der Waals surface area contributed by atoms with E-state index in [1.54, 1.807) is 0 Å². The fourth-order valence-corrected chi connectivity index (χ4v) is 12.0. The van der Waals surface area contributed by atoms with Crippen molar-refractivity contribution in [2.24, 2.45) is 0 Å². The highest BCUT2D eigenvalue weighted by Gasteiger charge is 2.28. The Morgan fingerprint density at radius 2 is 0.821 bits per heavy atom. The van der Waals surface area contributed by atoms with Gasteiger partial charge >= 0.3 is 0 Å². The van der Waals surface area contributed by atoms with Crippen LogP contribution in [0, 0.1) is 6.57 Å². The highest BCUT2D eigenvalue weighted by Crippen LogP contribution is 2.48. The second-order valence-electron chi connectivity index (χ2n) is 19.7. The summed E-state index contributed by atoms with van der Waals surface area (Å²) in [6, 6.07) is 83.6. The molecule has 8 heteroatoms. The molecule has 16 rings (SSSR count). The molecule has 0 aliphatic rings. The number of hydrogen-bond donors (Lipinski definition) is 0. The SMILES string of the molecule is [C-]#[N+]c1ccccc1-c1ccc(-n2c3ccccc3c3c4oc5ccccc5c4ccc32)c(-c2cccc(-n3c4ccccc4c4c5oc6ccccc6c5ccc43)c2-c2nc(-c3ccccc3)nc(-c3ccccc3)n2)c1. The molecule has 0 bridgehead atoms. The number of benzene rings is 11. The smallest absolute Gasteiger partial charge is 0.194 e. The highest BCUT2D eigenvalue weighted by molar-refractivity contribution is 6.25. The van der Waals surface area contributed by atoms with E-state index in [1.807, 2.05) is 109 Å². The highest BCUT2D eigenvalue weighted by atomic mass is 16.3. The average molecular weight is 997 g/mol. The molecule has 8 nitrogen and oxygen atoms in total. The summed E-state index contributed by atoms with van der Waals surface area (Å²) in [6.07, 6.45) is 0. The Morgan fingerprint density at radius 3 is 1.41 bits per heavy atom. The minimum Gasteiger partial charge on any atom is -0.455 e. The number of nitrogens with zero attached hydrogens (tertiary/aromatic N) is 6. The Morgan fingerprint density at radius 1 is 0.333 bits per heavy atom. The molecule has 16 aromatic rings. The van der Waals surface area contributed by atoms with Crippen molar-refractivity contribution in [3.8, 4) is 67.8 Å². The van der Waals surface area contributed by atoms with Crippen LogP contribution in [-0.4, -0.2) is 24.1 Å². The quantitative estimate of drug-likeness (QED) is 0.149. The van der Waals surface area contributed by atoms with Gasteiger partial charge in [-0.15, -0.1) is 0 Å². The first-order chi connectivity index (χ1) is 38.7. The summed E-state index contributed by atoms with van der Waals surface area (Å²) in [4.78, 5) is 20.3. The van der Waals surface area contributed by atoms with Crippen LogP contribution in [-0.2, 0) is 0 Å². The van der Waals surface area contributed by atoms with Crippen LogP contribution in [0.5, 0.6) is 0 Å². The maximum Gasteiger partial charge on any atom is 0.194 e. The van der Waals surface area contributed by atoms with E-state index in [0.29, 0.717) is 23.2 Å². The van der Waals surface area contributed by atoms with Crippen molar-refractivity contribution in [3.63, 3.8) is 0 Å². The second-order valence-corrected chi connectivity index (χ2v) is 19.7. The Kier molecular flexibility index (Phi) is 9.53. The number of hydrogen-bond acceptors (Lipinski definition) is 5. The molecule has 0 radical (unpaired) electrons. The van der Waals surface area contributed by atoms with Gasteiger partial charge < -0.3 is 18.0 Å². The molecule has 0 aliphatic heterocycles. The summed E-state index contributed by atoms with van der Waals surface area (Å²) >= 11 is 0. The lowest BCUT2D eigenvalue weighted by Gasteiger charge is -2.21. The van der Waals surface area contributed by atoms with Crippen LogP contribution >= 0.6 is 0 Å². The van der Waals surface area contributed by atoms with Gasteiger partial charge in [0.05, 0.1) is 56.3 Å². The maximum absolute atomic E-state index is 8.32. The van der Waals surface area contributed by atoms with Gasteiger partial charge in [-0.05, 0) is 83.4 Å². The van der Waals surface area contributed by atoms with Crippen LogP contribution in [0.4, 0.5) is 5.69 Å². The number of fused-ring (bicyclic) bond motifs is 14. The molecule has 0 unspecified atom stereocenters. The molecule has 0 amide bonds. The zero-order valence-corrected chi connectivity index (χ0v) is 41.6. The van der Waals surface area contributed by atoms with E-state index >= 15 is 0 Å². The predicted molar refractivity (Wildman–Crippen MR) is 317 cm³/mol. The number of furan rings is 2. The van der Waals surface area contributed by atoms with Crippen molar-refractivity contribution in [2.75, 3.05) is 0 Å². The molecular formula is C70H40N6O2.